The summed E-state index contributed by atoms with van der Waals surface area (Å²) >= 11 is 0. The van der Waals surface area contributed by atoms with Crippen LogP contribution in [-0.4, -0.2) is 54.2 Å². The maximum Gasteiger partial charge on any atom is 0.223 e. The zero-order valence-corrected chi connectivity index (χ0v) is 16.5. The molecular formula is C23H27FN2O2. The van der Waals surface area contributed by atoms with Gasteiger partial charge < -0.3 is 4.90 Å². The molecular weight excluding hydrogens is 355 g/mol. The van der Waals surface area contributed by atoms with Crippen molar-refractivity contribution in [3.05, 3.63) is 71.5 Å². The van der Waals surface area contributed by atoms with E-state index in [0.29, 0.717) is 44.7 Å². The maximum absolute atomic E-state index is 13.0. The van der Waals surface area contributed by atoms with Gasteiger partial charge in [0.1, 0.15) is 5.82 Å². The lowest BCUT2D eigenvalue weighted by atomic mass is 9.81. The minimum atomic E-state index is -0.345. The van der Waals surface area contributed by atoms with Gasteiger partial charge in [-0.15, -0.1) is 0 Å². The predicted octanol–water partition coefficient (Wildman–Crippen LogP) is 3.52. The van der Waals surface area contributed by atoms with Crippen LogP contribution in [0.15, 0.2) is 54.6 Å². The molecule has 0 aromatic heterocycles. The second kappa shape index (κ2) is 8.65. The Morgan fingerprint density at radius 2 is 1.54 bits per heavy atom. The van der Waals surface area contributed by atoms with Gasteiger partial charge in [-0.3, -0.25) is 14.5 Å². The van der Waals surface area contributed by atoms with Crippen molar-refractivity contribution in [2.45, 2.75) is 25.7 Å². The van der Waals surface area contributed by atoms with Gasteiger partial charge in [0, 0.05) is 38.2 Å². The summed E-state index contributed by atoms with van der Waals surface area (Å²) in [6.07, 6.45) is 0.464. The van der Waals surface area contributed by atoms with Gasteiger partial charge in [0.15, 0.2) is 5.78 Å². The zero-order chi connectivity index (χ0) is 20.1. The van der Waals surface area contributed by atoms with Crippen molar-refractivity contribution in [2.24, 2.45) is 0 Å². The number of nitrogens with zero attached hydrogens (tertiary/aromatic N) is 2. The zero-order valence-electron chi connectivity index (χ0n) is 16.5. The summed E-state index contributed by atoms with van der Waals surface area (Å²) < 4.78 is 13.0. The normalized spacial score (nSPS) is 15.5. The summed E-state index contributed by atoms with van der Waals surface area (Å²) in [6.45, 7) is 7.08. The van der Waals surface area contributed by atoms with Gasteiger partial charge in [-0.05, 0) is 35.2 Å². The van der Waals surface area contributed by atoms with E-state index in [1.165, 1.54) is 24.3 Å². The Morgan fingerprint density at radius 3 is 2.14 bits per heavy atom. The minimum absolute atomic E-state index is 0.0232. The average Bonchev–Trinajstić information content (AvgIpc) is 2.69. The smallest absolute Gasteiger partial charge is 0.223 e. The number of ketones is 1. The summed E-state index contributed by atoms with van der Waals surface area (Å²) in [6, 6.07) is 15.7. The number of carbonyl (C=O) groups excluding carboxylic acids is 2. The topological polar surface area (TPSA) is 40.6 Å². The molecule has 0 unspecified atom stereocenters. The predicted molar refractivity (Wildman–Crippen MR) is 108 cm³/mol. The van der Waals surface area contributed by atoms with Crippen LogP contribution in [0.5, 0.6) is 0 Å². The second-order valence-corrected chi connectivity index (χ2v) is 8.01. The molecule has 1 saturated heterocycles. The highest BCUT2D eigenvalue weighted by Gasteiger charge is 2.29. The van der Waals surface area contributed by atoms with Gasteiger partial charge in [0.2, 0.25) is 5.91 Å². The molecule has 28 heavy (non-hydrogen) atoms. The fourth-order valence-corrected chi connectivity index (χ4v) is 3.57. The molecule has 1 heterocycles. The van der Waals surface area contributed by atoms with Crippen LogP contribution in [0.2, 0.25) is 0 Å². The Hall–Kier alpha value is -2.53. The number of piperazine rings is 1. The third-order valence-corrected chi connectivity index (χ3v) is 5.41. The lowest BCUT2D eigenvalue weighted by Crippen LogP contribution is -2.50. The molecule has 0 bridgehead atoms. The van der Waals surface area contributed by atoms with Crippen LogP contribution in [0.25, 0.3) is 0 Å². The summed E-state index contributed by atoms with van der Waals surface area (Å²) in [5, 5.41) is 0. The third-order valence-electron chi connectivity index (χ3n) is 5.41. The van der Waals surface area contributed by atoms with Gasteiger partial charge in [0.25, 0.3) is 0 Å². The Bertz CT molecular complexity index is 810. The van der Waals surface area contributed by atoms with Crippen molar-refractivity contribution in [2.75, 3.05) is 32.7 Å². The first-order valence-corrected chi connectivity index (χ1v) is 9.69. The van der Waals surface area contributed by atoms with E-state index in [4.69, 9.17) is 0 Å². The monoisotopic (exact) mass is 382 g/mol. The second-order valence-electron chi connectivity index (χ2n) is 8.01. The van der Waals surface area contributed by atoms with Gasteiger partial charge >= 0.3 is 0 Å². The van der Waals surface area contributed by atoms with Crippen molar-refractivity contribution >= 4 is 11.7 Å². The molecule has 1 amide bonds. The standard InChI is InChI=1S/C23H27FN2O2/c1-23(2,19-6-4-3-5-7-19)16-22(28)26-14-12-25(13-15-26)17-21(27)18-8-10-20(24)11-9-18/h3-11H,12-17H2,1-2H3. The van der Waals surface area contributed by atoms with E-state index < -0.39 is 0 Å². The Labute approximate surface area is 166 Å². The maximum atomic E-state index is 13.0. The number of hydrogen-bond acceptors (Lipinski definition) is 3. The first kappa shape index (κ1) is 20.2. The highest BCUT2D eigenvalue weighted by molar-refractivity contribution is 5.97. The van der Waals surface area contributed by atoms with Gasteiger partial charge in [-0.25, -0.2) is 4.39 Å². The molecule has 1 aliphatic rings. The fourth-order valence-electron chi connectivity index (χ4n) is 3.57. The van der Waals surface area contributed by atoms with E-state index in [-0.39, 0.29) is 22.9 Å². The van der Waals surface area contributed by atoms with E-state index in [2.05, 4.69) is 30.9 Å². The molecule has 2 aromatic rings. The summed E-state index contributed by atoms with van der Waals surface area (Å²) in [5.41, 5.74) is 1.46. The fraction of sp³-hybridized carbons (Fsp3) is 0.391. The molecule has 4 nitrogen and oxygen atoms in total. The highest BCUT2D eigenvalue weighted by Crippen LogP contribution is 2.27. The molecule has 148 valence electrons. The van der Waals surface area contributed by atoms with Crippen LogP contribution in [0.1, 0.15) is 36.2 Å². The highest BCUT2D eigenvalue weighted by atomic mass is 19.1. The van der Waals surface area contributed by atoms with Crippen LogP contribution in [0, 0.1) is 5.82 Å². The molecule has 1 aliphatic heterocycles. The van der Waals surface area contributed by atoms with Gasteiger partial charge in [-0.2, -0.15) is 0 Å². The molecule has 0 spiro atoms. The molecule has 0 N–H and O–H groups in total. The van der Waals surface area contributed by atoms with Crippen LogP contribution in [0.3, 0.4) is 0 Å². The number of amides is 1. The van der Waals surface area contributed by atoms with Crippen molar-refractivity contribution in [3.63, 3.8) is 0 Å². The quantitative estimate of drug-likeness (QED) is 0.718. The number of hydrogen-bond donors (Lipinski definition) is 0. The van der Waals surface area contributed by atoms with E-state index in [0.717, 1.165) is 5.56 Å². The number of Topliss-reactive ketones (excluding diaryl/α,β-unsaturated/α-hetero) is 1. The Kier molecular flexibility index (Phi) is 6.25. The van der Waals surface area contributed by atoms with E-state index in [1.54, 1.807) is 0 Å². The van der Waals surface area contributed by atoms with E-state index >= 15 is 0 Å². The molecule has 0 saturated carbocycles. The summed E-state index contributed by atoms with van der Waals surface area (Å²) in [7, 11) is 0. The van der Waals surface area contributed by atoms with Crippen LogP contribution >= 0.6 is 0 Å². The Morgan fingerprint density at radius 1 is 0.929 bits per heavy atom. The number of halogens is 1. The number of carbonyl (C=O) groups is 2. The first-order chi connectivity index (χ1) is 13.3. The lowest BCUT2D eigenvalue weighted by Gasteiger charge is -2.36. The molecule has 0 radical (unpaired) electrons. The lowest BCUT2D eigenvalue weighted by molar-refractivity contribution is -0.134. The van der Waals surface area contributed by atoms with Gasteiger partial charge in [0.05, 0.1) is 6.54 Å². The molecule has 0 aliphatic carbocycles. The van der Waals surface area contributed by atoms with Crippen LogP contribution in [0.4, 0.5) is 4.39 Å². The molecule has 5 heteroatoms. The summed E-state index contributed by atoms with van der Waals surface area (Å²) in [5.74, 6) is -0.217. The van der Waals surface area contributed by atoms with E-state index in [9.17, 15) is 14.0 Å². The van der Waals surface area contributed by atoms with Gasteiger partial charge in [-0.1, -0.05) is 44.2 Å². The SMILES string of the molecule is CC(C)(CC(=O)N1CCN(CC(=O)c2ccc(F)cc2)CC1)c1ccccc1. The van der Waals surface area contributed by atoms with Crippen molar-refractivity contribution in [3.8, 4) is 0 Å². The van der Waals surface area contributed by atoms with Crippen LogP contribution < -0.4 is 0 Å². The van der Waals surface area contributed by atoms with E-state index in [1.807, 2.05) is 23.1 Å². The minimum Gasteiger partial charge on any atom is -0.340 e. The molecule has 2 aromatic carbocycles. The third kappa shape index (κ3) is 5.04. The molecule has 1 fully saturated rings. The summed E-state index contributed by atoms with van der Waals surface area (Å²) in [4.78, 5) is 29.1. The number of benzene rings is 2. The first-order valence-electron chi connectivity index (χ1n) is 9.69. The Balaban J connectivity index is 1.50. The van der Waals surface area contributed by atoms with Crippen molar-refractivity contribution < 1.29 is 14.0 Å². The van der Waals surface area contributed by atoms with Crippen molar-refractivity contribution in [1.82, 2.24) is 9.80 Å². The van der Waals surface area contributed by atoms with Crippen LogP contribution in [-0.2, 0) is 10.2 Å². The molecule has 0 atom stereocenters. The van der Waals surface area contributed by atoms with Crippen molar-refractivity contribution in [1.29, 1.82) is 0 Å². The molecule has 3 rings (SSSR count). The average molecular weight is 382 g/mol. The number of rotatable bonds is 6. The largest absolute Gasteiger partial charge is 0.340 e.